The highest BCUT2D eigenvalue weighted by atomic mass is 35.5. The molecule has 23 heavy (non-hydrogen) atoms. The summed E-state index contributed by atoms with van der Waals surface area (Å²) in [6, 6.07) is 4.57. The van der Waals surface area contributed by atoms with Gasteiger partial charge < -0.3 is 10.5 Å². The highest BCUT2D eigenvalue weighted by Crippen LogP contribution is 2.33. The average molecular weight is 363 g/mol. The Labute approximate surface area is 143 Å². The molecule has 0 aliphatic carbocycles. The molecule has 0 radical (unpaired) electrons. The van der Waals surface area contributed by atoms with E-state index in [1.54, 1.807) is 19.1 Å². The molecule has 0 bridgehead atoms. The summed E-state index contributed by atoms with van der Waals surface area (Å²) >= 11 is 0. The molecule has 1 aromatic rings. The van der Waals surface area contributed by atoms with Gasteiger partial charge in [-0.2, -0.15) is 4.31 Å². The molecule has 130 valence electrons. The van der Waals surface area contributed by atoms with Gasteiger partial charge in [0.25, 0.3) is 0 Å². The third-order valence-electron chi connectivity index (χ3n) is 4.24. The normalized spacial score (nSPS) is 21.7. The van der Waals surface area contributed by atoms with Gasteiger partial charge in [-0.1, -0.05) is 13.0 Å². The molecule has 2 N–H and O–H groups in total. The number of nitrogens with zero attached hydrogens (tertiary/aromatic N) is 1. The van der Waals surface area contributed by atoms with Crippen molar-refractivity contribution in [2.45, 2.75) is 25.2 Å². The SMILES string of the molecule is COC(=O)c1ccc(C)c(S(=O)(=O)N2CCC(C)(CN)C2)c1.Cl. The molecule has 1 fully saturated rings. The van der Waals surface area contributed by atoms with Gasteiger partial charge in [0, 0.05) is 13.1 Å². The van der Waals surface area contributed by atoms with Crippen LogP contribution < -0.4 is 5.73 Å². The van der Waals surface area contributed by atoms with Crippen molar-refractivity contribution in [2.24, 2.45) is 11.1 Å². The number of hydrogen-bond donors (Lipinski definition) is 1. The number of halogens is 1. The quantitative estimate of drug-likeness (QED) is 0.821. The fourth-order valence-electron chi connectivity index (χ4n) is 2.61. The second kappa shape index (κ2) is 7.17. The summed E-state index contributed by atoms with van der Waals surface area (Å²) in [7, 11) is -2.38. The third kappa shape index (κ3) is 3.85. The van der Waals surface area contributed by atoms with Gasteiger partial charge in [0.1, 0.15) is 0 Å². The Bertz CT molecular complexity index is 693. The molecule has 6 nitrogen and oxygen atoms in total. The molecule has 1 atom stereocenters. The molecule has 8 heteroatoms. The Morgan fingerprint density at radius 3 is 2.61 bits per heavy atom. The van der Waals surface area contributed by atoms with Crippen molar-refractivity contribution in [3.05, 3.63) is 29.3 Å². The molecule has 1 aromatic carbocycles. The van der Waals surface area contributed by atoms with Crippen molar-refractivity contribution in [1.29, 1.82) is 0 Å². The maximum Gasteiger partial charge on any atom is 0.337 e. The van der Waals surface area contributed by atoms with Gasteiger partial charge in [-0.25, -0.2) is 13.2 Å². The van der Waals surface area contributed by atoms with Crippen LogP contribution >= 0.6 is 12.4 Å². The van der Waals surface area contributed by atoms with Crippen LogP contribution in [0.1, 0.15) is 29.3 Å². The zero-order chi connectivity index (χ0) is 16.5. The Hall–Kier alpha value is -1.15. The standard InChI is InChI=1S/C15H22N2O4S.ClH/c1-11-4-5-12(14(18)21-3)8-13(11)22(19,20)17-7-6-15(2,9-16)10-17;/h4-5,8H,6-7,9-10,16H2,1-3H3;1H. The van der Waals surface area contributed by atoms with Gasteiger partial charge in [-0.3, -0.25) is 0 Å². The van der Waals surface area contributed by atoms with E-state index in [9.17, 15) is 13.2 Å². The summed E-state index contributed by atoms with van der Waals surface area (Å²) in [6.45, 7) is 4.98. The first-order chi connectivity index (χ1) is 10.2. The maximum absolute atomic E-state index is 12.9. The predicted molar refractivity (Wildman–Crippen MR) is 90.3 cm³/mol. The van der Waals surface area contributed by atoms with Crippen molar-refractivity contribution < 1.29 is 17.9 Å². The predicted octanol–water partition coefficient (Wildman–Crippen LogP) is 1.56. The lowest BCUT2D eigenvalue weighted by Gasteiger charge is -2.23. The van der Waals surface area contributed by atoms with Gasteiger partial charge >= 0.3 is 5.97 Å². The number of rotatable bonds is 4. The summed E-state index contributed by atoms with van der Waals surface area (Å²) in [5.74, 6) is -0.551. The fourth-order valence-corrected chi connectivity index (χ4v) is 4.45. The van der Waals surface area contributed by atoms with Crippen molar-refractivity contribution in [3.8, 4) is 0 Å². The van der Waals surface area contributed by atoms with Crippen LogP contribution in [0, 0.1) is 12.3 Å². The van der Waals surface area contributed by atoms with Gasteiger partial charge in [0.2, 0.25) is 10.0 Å². The van der Waals surface area contributed by atoms with E-state index in [-0.39, 0.29) is 28.3 Å². The lowest BCUT2D eigenvalue weighted by molar-refractivity contribution is 0.0600. The van der Waals surface area contributed by atoms with Gasteiger partial charge in [-0.15, -0.1) is 12.4 Å². The number of carbonyl (C=O) groups excluding carboxylic acids is 1. The van der Waals surface area contributed by atoms with E-state index in [1.807, 2.05) is 6.92 Å². The van der Waals surface area contributed by atoms with Gasteiger partial charge in [0.15, 0.2) is 0 Å². The Balaban J connectivity index is 0.00000264. The number of benzene rings is 1. The van der Waals surface area contributed by atoms with E-state index in [4.69, 9.17) is 5.73 Å². The number of ether oxygens (including phenoxy) is 1. The lowest BCUT2D eigenvalue weighted by atomic mass is 9.90. The topological polar surface area (TPSA) is 89.7 Å². The number of sulfonamides is 1. The van der Waals surface area contributed by atoms with Crippen LogP contribution in [0.2, 0.25) is 0 Å². The van der Waals surface area contributed by atoms with Crippen molar-refractivity contribution in [3.63, 3.8) is 0 Å². The second-order valence-corrected chi connectivity index (χ2v) is 7.98. The molecule has 0 spiro atoms. The summed E-state index contributed by atoms with van der Waals surface area (Å²) in [5, 5.41) is 0. The zero-order valence-corrected chi connectivity index (χ0v) is 15.2. The Morgan fingerprint density at radius 1 is 1.43 bits per heavy atom. The molecule has 1 aliphatic heterocycles. The van der Waals surface area contributed by atoms with E-state index in [0.717, 1.165) is 6.42 Å². The number of hydrogen-bond acceptors (Lipinski definition) is 5. The molecule has 1 heterocycles. The zero-order valence-electron chi connectivity index (χ0n) is 13.5. The Morgan fingerprint density at radius 2 is 2.09 bits per heavy atom. The van der Waals surface area contributed by atoms with E-state index < -0.39 is 16.0 Å². The second-order valence-electron chi connectivity index (χ2n) is 6.08. The first-order valence-electron chi connectivity index (χ1n) is 7.13. The number of carbonyl (C=O) groups is 1. The molecule has 1 saturated heterocycles. The molecule has 0 aromatic heterocycles. The highest BCUT2D eigenvalue weighted by Gasteiger charge is 2.39. The van der Waals surface area contributed by atoms with Crippen LogP contribution in [0.4, 0.5) is 0 Å². The van der Waals surface area contributed by atoms with Crippen LogP contribution in [0.5, 0.6) is 0 Å². The molecule has 1 unspecified atom stereocenters. The van der Waals surface area contributed by atoms with E-state index >= 15 is 0 Å². The number of esters is 1. The Kier molecular flexibility index (Phi) is 6.20. The first kappa shape index (κ1) is 19.9. The smallest absolute Gasteiger partial charge is 0.337 e. The van der Waals surface area contributed by atoms with Crippen molar-refractivity contribution in [2.75, 3.05) is 26.7 Å². The van der Waals surface area contributed by atoms with E-state index in [1.165, 1.54) is 17.5 Å². The van der Waals surface area contributed by atoms with Crippen LogP contribution in [0.25, 0.3) is 0 Å². The van der Waals surface area contributed by atoms with Crippen LogP contribution in [0.3, 0.4) is 0 Å². The number of nitrogens with two attached hydrogens (primary N) is 1. The maximum atomic E-state index is 12.9. The van der Waals surface area contributed by atoms with Gasteiger partial charge in [0.05, 0.1) is 17.6 Å². The lowest BCUT2D eigenvalue weighted by Crippen LogP contribution is -2.34. The average Bonchev–Trinajstić information content (AvgIpc) is 2.91. The van der Waals surface area contributed by atoms with E-state index in [2.05, 4.69) is 4.74 Å². The van der Waals surface area contributed by atoms with E-state index in [0.29, 0.717) is 25.2 Å². The first-order valence-corrected chi connectivity index (χ1v) is 8.57. The van der Waals surface area contributed by atoms with Crippen molar-refractivity contribution in [1.82, 2.24) is 4.31 Å². The van der Waals surface area contributed by atoms with Crippen LogP contribution in [0.15, 0.2) is 23.1 Å². The number of methoxy groups -OCH3 is 1. The van der Waals surface area contributed by atoms with Crippen LogP contribution in [-0.4, -0.2) is 45.4 Å². The van der Waals surface area contributed by atoms with Gasteiger partial charge in [-0.05, 0) is 43.0 Å². The summed E-state index contributed by atoms with van der Waals surface area (Å²) in [6.07, 6.45) is 0.735. The van der Waals surface area contributed by atoms with Crippen LogP contribution in [-0.2, 0) is 14.8 Å². The largest absolute Gasteiger partial charge is 0.465 e. The summed E-state index contributed by atoms with van der Waals surface area (Å²) in [4.78, 5) is 11.8. The minimum atomic E-state index is -3.64. The third-order valence-corrected chi connectivity index (χ3v) is 6.23. The molecule has 1 aliphatic rings. The molecule has 0 saturated carbocycles. The fraction of sp³-hybridized carbons (Fsp3) is 0.533. The molecule has 0 amide bonds. The van der Waals surface area contributed by atoms with Crippen molar-refractivity contribution >= 4 is 28.4 Å². The highest BCUT2D eigenvalue weighted by molar-refractivity contribution is 7.89. The minimum absolute atomic E-state index is 0. The molecular formula is C15H23ClN2O4S. The summed E-state index contributed by atoms with van der Waals surface area (Å²) in [5.41, 5.74) is 6.38. The minimum Gasteiger partial charge on any atom is -0.465 e. The molecule has 2 rings (SSSR count). The monoisotopic (exact) mass is 362 g/mol. The summed E-state index contributed by atoms with van der Waals surface area (Å²) < 4.78 is 31.8. The number of aryl methyl sites for hydroxylation is 1. The molecular weight excluding hydrogens is 340 g/mol.